The normalized spacial score (nSPS) is 14.1. The van der Waals surface area contributed by atoms with Gasteiger partial charge in [0, 0.05) is 7.11 Å². The van der Waals surface area contributed by atoms with Crippen LogP contribution in [-0.2, 0) is 14.3 Å². The first kappa shape index (κ1) is 12.6. The minimum absolute atomic E-state index is 0.192. The second kappa shape index (κ2) is 6.15. The summed E-state index contributed by atoms with van der Waals surface area (Å²) in [5.74, 6) is -1.52. The van der Waals surface area contributed by atoms with Gasteiger partial charge in [0.25, 0.3) is 0 Å². The molecular formula is C9H15NO4. The molecule has 80 valence electrons. The molecule has 0 aliphatic heterocycles. The molecule has 0 heterocycles. The topological polar surface area (TPSA) is 75.6 Å². The van der Waals surface area contributed by atoms with Gasteiger partial charge >= 0.3 is 5.97 Å². The highest BCUT2D eigenvalue weighted by Crippen LogP contribution is 1.96. The van der Waals surface area contributed by atoms with Crippen LogP contribution in [0.25, 0.3) is 0 Å². The zero-order valence-electron chi connectivity index (χ0n) is 8.32. The van der Waals surface area contributed by atoms with Gasteiger partial charge in [0.15, 0.2) is 0 Å². The molecule has 14 heavy (non-hydrogen) atoms. The molecule has 1 amide bonds. The molecule has 0 saturated carbocycles. The van der Waals surface area contributed by atoms with E-state index in [1.165, 1.54) is 13.2 Å². The van der Waals surface area contributed by atoms with E-state index in [9.17, 15) is 9.59 Å². The molecular weight excluding hydrogens is 186 g/mol. The number of nitrogens with one attached hydrogen (secondary N) is 1. The van der Waals surface area contributed by atoms with E-state index in [0.29, 0.717) is 0 Å². The number of carbonyl (C=O) groups is 2. The van der Waals surface area contributed by atoms with Crippen molar-refractivity contribution < 1.29 is 19.4 Å². The molecule has 0 aromatic carbocycles. The molecule has 0 aromatic rings. The minimum Gasteiger partial charge on any atom is -0.480 e. The Morgan fingerprint density at radius 2 is 2.21 bits per heavy atom. The quantitative estimate of drug-likeness (QED) is 0.600. The Morgan fingerprint density at radius 3 is 2.57 bits per heavy atom. The van der Waals surface area contributed by atoms with Gasteiger partial charge in [-0.25, -0.2) is 4.79 Å². The van der Waals surface area contributed by atoms with Gasteiger partial charge in [-0.2, -0.15) is 0 Å². The third kappa shape index (κ3) is 4.04. The summed E-state index contributed by atoms with van der Waals surface area (Å²) < 4.78 is 4.74. The van der Waals surface area contributed by atoms with Crippen LogP contribution >= 0.6 is 0 Å². The average Bonchev–Trinajstić information content (AvgIpc) is 2.15. The Bertz CT molecular complexity index is 227. The molecule has 0 saturated heterocycles. The monoisotopic (exact) mass is 201 g/mol. The van der Waals surface area contributed by atoms with Crippen LogP contribution in [0.4, 0.5) is 0 Å². The lowest BCUT2D eigenvalue weighted by Gasteiger charge is -2.15. The largest absolute Gasteiger partial charge is 0.480 e. The van der Waals surface area contributed by atoms with Crippen LogP contribution in [0.3, 0.4) is 0 Å². The van der Waals surface area contributed by atoms with Crippen LogP contribution in [0, 0.1) is 0 Å². The first-order valence-electron chi connectivity index (χ1n) is 4.19. The van der Waals surface area contributed by atoms with Crippen molar-refractivity contribution in [2.45, 2.75) is 25.5 Å². The maximum Gasteiger partial charge on any atom is 0.326 e. The van der Waals surface area contributed by atoms with E-state index < -0.39 is 24.0 Å². The third-order valence-corrected chi connectivity index (χ3v) is 1.74. The Hall–Kier alpha value is -1.36. The van der Waals surface area contributed by atoms with Gasteiger partial charge in [-0.15, -0.1) is 6.58 Å². The van der Waals surface area contributed by atoms with E-state index in [-0.39, 0.29) is 6.42 Å². The maximum atomic E-state index is 11.2. The number of hydrogen-bond acceptors (Lipinski definition) is 3. The summed E-state index contributed by atoms with van der Waals surface area (Å²) in [5, 5.41) is 11.0. The van der Waals surface area contributed by atoms with Crippen LogP contribution in [0.5, 0.6) is 0 Å². The van der Waals surface area contributed by atoms with Crippen LogP contribution in [-0.4, -0.2) is 36.2 Å². The Balaban J connectivity index is 4.22. The lowest BCUT2D eigenvalue weighted by atomic mass is 10.2. The molecule has 0 spiro atoms. The summed E-state index contributed by atoms with van der Waals surface area (Å²) in [6, 6.07) is -0.933. The molecule has 0 rings (SSSR count). The average molecular weight is 201 g/mol. The van der Waals surface area contributed by atoms with Crippen molar-refractivity contribution in [1.82, 2.24) is 5.32 Å². The lowest BCUT2D eigenvalue weighted by molar-refractivity contribution is -0.143. The van der Waals surface area contributed by atoms with E-state index >= 15 is 0 Å². The van der Waals surface area contributed by atoms with Crippen molar-refractivity contribution in [2.24, 2.45) is 0 Å². The van der Waals surface area contributed by atoms with Gasteiger partial charge in [-0.05, 0) is 13.3 Å². The molecule has 2 N–H and O–H groups in total. The third-order valence-electron chi connectivity index (χ3n) is 1.74. The van der Waals surface area contributed by atoms with Gasteiger partial charge in [0.1, 0.15) is 12.1 Å². The molecule has 0 fully saturated rings. The van der Waals surface area contributed by atoms with Gasteiger partial charge in [-0.3, -0.25) is 4.79 Å². The molecule has 0 aromatic heterocycles. The van der Waals surface area contributed by atoms with Crippen molar-refractivity contribution in [3.05, 3.63) is 12.7 Å². The number of rotatable bonds is 6. The Labute approximate surface area is 82.7 Å². The van der Waals surface area contributed by atoms with E-state index in [4.69, 9.17) is 9.84 Å². The molecule has 5 heteroatoms. The van der Waals surface area contributed by atoms with Crippen LogP contribution in [0.2, 0.25) is 0 Å². The summed E-state index contributed by atoms with van der Waals surface area (Å²) in [4.78, 5) is 21.9. The standard InChI is InChI=1S/C9H15NO4/c1-4-5-7(9(12)13)10-8(11)6(2)14-3/h4,6-7H,1,5H2,2-3H3,(H,10,11)(H,12,13). The number of methoxy groups -OCH3 is 1. The zero-order chi connectivity index (χ0) is 11.1. The Kier molecular flexibility index (Phi) is 5.55. The summed E-state index contributed by atoms with van der Waals surface area (Å²) in [7, 11) is 1.38. The fourth-order valence-corrected chi connectivity index (χ4v) is 0.784. The van der Waals surface area contributed by atoms with Crippen LogP contribution in [0.1, 0.15) is 13.3 Å². The number of carboxylic acids is 1. The van der Waals surface area contributed by atoms with E-state index in [1.807, 2.05) is 0 Å². The summed E-state index contributed by atoms with van der Waals surface area (Å²) in [6.45, 7) is 4.95. The number of ether oxygens (including phenoxy) is 1. The summed E-state index contributed by atoms with van der Waals surface area (Å²) >= 11 is 0. The minimum atomic E-state index is -1.08. The zero-order valence-corrected chi connectivity index (χ0v) is 8.32. The summed E-state index contributed by atoms with van der Waals surface area (Å²) in [5.41, 5.74) is 0. The molecule has 0 aliphatic rings. The maximum absolute atomic E-state index is 11.2. The van der Waals surface area contributed by atoms with Crippen molar-refractivity contribution in [3.63, 3.8) is 0 Å². The number of amides is 1. The van der Waals surface area contributed by atoms with Crippen molar-refractivity contribution in [1.29, 1.82) is 0 Å². The van der Waals surface area contributed by atoms with E-state index in [0.717, 1.165) is 0 Å². The molecule has 0 aliphatic carbocycles. The van der Waals surface area contributed by atoms with E-state index in [1.54, 1.807) is 6.92 Å². The van der Waals surface area contributed by atoms with Crippen LogP contribution < -0.4 is 5.32 Å². The smallest absolute Gasteiger partial charge is 0.326 e. The first-order chi connectivity index (χ1) is 6.52. The fraction of sp³-hybridized carbons (Fsp3) is 0.556. The molecule has 2 unspecified atom stereocenters. The van der Waals surface area contributed by atoms with Crippen LogP contribution in [0.15, 0.2) is 12.7 Å². The first-order valence-corrected chi connectivity index (χ1v) is 4.19. The number of hydrogen-bond donors (Lipinski definition) is 2. The number of carboxylic acid groups (broad SMARTS) is 1. The highest BCUT2D eigenvalue weighted by Gasteiger charge is 2.21. The predicted molar refractivity (Wildman–Crippen MR) is 50.9 cm³/mol. The highest BCUT2D eigenvalue weighted by molar-refractivity contribution is 5.86. The molecule has 0 bridgehead atoms. The lowest BCUT2D eigenvalue weighted by Crippen LogP contribution is -2.44. The second-order valence-electron chi connectivity index (χ2n) is 2.80. The molecule has 0 radical (unpaired) electrons. The molecule has 2 atom stereocenters. The van der Waals surface area contributed by atoms with Crippen molar-refractivity contribution in [2.75, 3.05) is 7.11 Å². The van der Waals surface area contributed by atoms with Crippen molar-refractivity contribution in [3.8, 4) is 0 Å². The summed E-state index contributed by atoms with van der Waals surface area (Å²) in [6.07, 6.45) is 0.982. The second-order valence-corrected chi connectivity index (χ2v) is 2.80. The van der Waals surface area contributed by atoms with Gasteiger partial charge in [0.05, 0.1) is 0 Å². The van der Waals surface area contributed by atoms with Gasteiger partial charge < -0.3 is 15.2 Å². The van der Waals surface area contributed by atoms with Crippen molar-refractivity contribution >= 4 is 11.9 Å². The number of aliphatic carboxylic acids is 1. The Morgan fingerprint density at radius 1 is 1.64 bits per heavy atom. The predicted octanol–water partition coefficient (Wildman–Crippen LogP) is 0.167. The SMILES string of the molecule is C=CCC(NC(=O)C(C)OC)C(=O)O. The fourth-order valence-electron chi connectivity index (χ4n) is 0.784. The highest BCUT2D eigenvalue weighted by atomic mass is 16.5. The number of carbonyl (C=O) groups excluding carboxylic acids is 1. The van der Waals surface area contributed by atoms with Gasteiger partial charge in [0.2, 0.25) is 5.91 Å². The van der Waals surface area contributed by atoms with E-state index in [2.05, 4.69) is 11.9 Å². The van der Waals surface area contributed by atoms with Gasteiger partial charge in [-0.1, -0.05) is 6.08 Å². The molecule has 5 nitrogen and oxygen atoms in total.